The first kappa shape index (κ1) is 14.3. The molecule has 1 amide bonds. The molecule has 2 aliphatic heterocycles. The first-order valence-corrected chi connectivity index (χ1v) is 8.56. The van der Waals surface area contributed by atoms with Crippen LogP contribution in [0.2, 0.25) is 0 Å². The quantitative estimate of drug-likeness (QED) is 0.781. The Balaban J connectivity index is 1.80. The number of nitrogen functional groups attached to an aromatic ring is 1. The Morgan fingerprint density at radius 2 is 2.10 bits per heavy atom. The standard InChI is InChI=1S/C14H19N3O3S/c15-11-2-1-3-12(8-11)21(19,20)17-7-6-13-10(9-17)4-5-14(18)16-13/h1-3,8,10,13H,4-7,9,15H2,(H,16,18). The van der Waals surface area contributed by atoms with Crippen LogP contribution in [0.4, 0.5) is 5.69 Å². The maximum absolute atomic E-state index is 12.7. The third kappa shape index (κ3) is 2.75. The summed E-state index contributed by atoms with van der Waals surface area (Å²) in [5.74, 6) is 0.274. The van der Waals surface area contributed by atoms with Gasteiger partial charge >= 0.3 is 0 Å². The second kappa shape index (κ2) is 5.31. The summed E-state index contributed by atoms with van der Waals surface area (Å²) in [6.45, 7) is 0.890. The van der Waals surface area contributed by atoms with Crippen molar-refractivity contribution in [3.8, 4) is 0 Å². The fourth-order valence-electron chi connectivity index (χ4n) is 3.12. The minimum atomic E-state index is -3.51. The summed E-state index contributed by atoms with van der Waals surface area (Å²) >= 11 is 0. The van der Waals surface area contributed by atoms with E-state index in [2.05, 4.69) is 5.32 Å². The van der Waals surface area contributed by atoms with Crippen LogP contribution >= 0.6 is 0 Å². The lowest BCUT2D eigenvalue weighted by Gasteiger charge is -2.40. The van der Waals surface area contributed by atoms with Crippen LogP contribution in [0.5, 0.6) is 0 Å². The molecule has 0 radical (unpaired) electrons. The number of hydrogen-bond acceptors (Lipinski definition) is 4. The number of fused-ring (bicyclic) bond motifs is 1. The molecule has 0 aliphatic carbocycles. The molecule has 114 valence electrons. The van der Waals surface area contributed by atoms with Crippen molar-refractivity contribution in [1.82, 2.24) is 9.62 Å². The molecule has 3 N–H and O–H groups in total. The molecule has 0 aromatic heterocycles. The predicted molar refractivity (Wildman–Crippen MR) is 78.9 cm³/mol. The number of benzene rings is 1. The van der Waals surface area contributed by atoms with Crippen molar-refractivity contribution in [2.24, 2.45) is 5.92 Å². The molecule has 0 spiro atoms. The number of anilines is 1. The van der Waals surface area contributed by atoms with E-state index >= 15 is 0 Å². The lowest BCUT2D eigenvalue weighted by atomic mass is 9.86. The van der Waals surface area contributed by atoms with Gasteiger partial charge in [0, 0.05) is 31.2 Å². The average molecular weight is 309 g/mol. The summed E-state index contributed by atoms with van der Waals surface area (Å²) in [6, 6.07) is 6.49. The molecular formula is C14H19N3O3S. The Morgan fingerprint density at radius 1 is 1.29 bits per heavy atom. The number of carbonyl (C=O) groups is 1. The molecule has 2 fully saturated rings. The van der Waals surface area contributed by atoms with Crippen LogP contribution in [0.1, 0.15) is 19.3 Å². The van der Waals surface area contributed by atoms with Gasteiger partial charge in [-0.3, -0.25) is 4.79 Å². The minimum absolute atomic E-state index is 0.0726. The molecule has 3 rings (SSSR count). The van der Waals surface area contributed by atoms with Crippen LogP contribution in [0.15, 0.2) is 29.2 Å². The van der Waals surface area contributed by atoms with Gasteiger partial charge in [0.25, 0.3) is 0 Å². The molecule has 2 heterocycles. The van der Waals surface area contributed by atoms with Crippen LogP contribution in [0, 0.1) is 5.92 Å². The first-order chi connectivity index (χ1) is 9.96. The predicted octanol–water partition coefficient (Wildman–Crippen LogP) is 0.558. The molecule has 0 bridgehead atoms. The Hall–Kier alpha value is -1.60. The highest BCUT2D eigenvalue weighted by molar-refractivity contribution is 7.89. The summed E-state index contributed by atoms with van der Waals surface area (Å²) in [5, 5.41) is 2.96. The van der Waals surface area contributed by atoms with E-state index in [0.29, 0.717) is 31.6 Å². The van der Waals surface area contributed by atoms with E-state index in [0.717, 1.165) is 6.42 Å². The lowest BCUT2D eigenvalue weighted by molar-refractivity contribution is -0.124. The van der Waals surface area contributed by atoms with Gasteiger partial charge in [-0.15, -0.1) is 0 Å². The molecule has 0 saturated carbocycles. The zero-order valence-corrected chi connectivity index (χ0v) is 12.5. The van der Waals surface area contributed by atoms with E-state index in [9.17, 15) is 13.2 Å². The second-order valence-corrected chi connectivity index (χ2v) is 7.63. The van der Waals surface area contributed by atoms with Crippen LogP contribution < -0.4 is 11.1 Å². The molecule has 2 saturated heterocycles. The highest BCUT2D eigenvalue weighted by atomic mass is 32.2. The van der Waals surface area contributed by atoms with Gasteiger partial charge < -0.3 is 11.1 Å². The molecule has 7 heteroatoms. The van der Waals surface area contributed by atoms with Gasteiger partial charge in [-0.2, -0.15) is 4.31 Å². The van der Waals surface area contributed by atoms with Crippen LogP contribution in [-0.2, 0) is 14.8 Å². The Bertz CT molecular complexity index is 659. The van der Waals surface area contributed by atoms with E-state index in [1.807, 2.05) is 0 Å². The number of nitrogens with zero attached hydrogens (tertiary/aromatic N) is 1. The number of nitrogens with one attached hydrogen (secondary N) is 1. The van der Waals surface area contributed by atoms with E-state index < -0.39 is 10.0 Å². The normalized spacial score (nSPS) is 27.0. The third-order valence-electron chi connectivity index (χ3n) is 4.28. The van der Waals surface area contributed by atoms with Crippen molar-refractivity contribution in [2.45, 2.75) is 30.2 Å². The highest BCUT2D eigenvalue weighted by Crippen LogP contribution is 2.29. The van der Waals surface area contributed by atoms with Crippen molar-refractivity contribution < 1.29 is 13.2 Å². The second-order valence-electron chi connectivity index (χ2n) is 5.70. The van der Waals surface area contributed by atoms with Crippen molar-refractivity contribution in [2.75, 3.05) is 18.8 Å². The maximum Gasteiger partial charge on any atom is 0.243 e. The summed E-state index contributed by atoms with van der Waals surface area (Å²) in [5.41, 5.74) is 6.12. The number of hydrogen-bond donors (Lipinski definition) is 2. The summed E-state index contributed by atoms with van der Waals surface area (Å²) < 4.78 is 26.8. The van der Waals surface area contributed by atoms with Crippen molar-refractivity contribution in [1.29, 1.82) is 0 Å². The molecule has 2 unspecified atom stereocenters. The smallest absolute Gasteiger partial charge is 0.243 e. The van der Waals surface area contributed by atoms with Gasteiger partial charge in [-0.1, -0.05) is 6.07 Å². The number of carbonyl (C=O) groups excluding carboxylic acids is 1. The van der Waals surface area contributed by atoms with Gasteiger partial charge in [0.1, 0.15) is 0 Å². The van der Waals surface area contributed by atoms with Gasteiger partial charge in [-0.05, 0) is 37.0 Å². The largest absolute Gasteiger partial charge is 0.399 e. The molecule has 1 aromatic carbocycles. The lowest BCUT2D eigenvalue weighted by Crippen LogP contribution is -2.54. The zero-order chi connectivity index (χ0) is 15.0. The topological polar surface area (TPSA) is 92.5 Å². The van der Waals surface area contributed by atoms with Crippen molar-refractivity contribution in [3.63, 3.8) is 0 Å². The Labute approximate surface area is 124 Å². The van der Waals surface area contributed by atoms with E-state index in [4.69, 9.17) is 5.73 Å². The van der Waals surface area contributed by atoms with E-state index in [1.165, 1.54) is 10.4 Å². The van der Waals surface area contributed by atoms with Gasteiger partial charge in [0.15, 0.2) is 0 Å². The van der Waals surface area contributed by atoms with Crippen molar-refractivity contribution >= 4 is 21.6 Å². The molecule has 1 aromatic rings. The Kier molecular flexibility index (Phi) is 3.62. The highest BCUT2D eigenvalue weighted by Gasteiger charge is 2.38. The maximum atomic E-state index is 12.7. The third-order valence-corrected chi connectivity index (χ3v) is 6.14. The van der Waals surface area contributed by atoms with E-state index in [1.54, 1.807) is 18.2 Å². The van der Waals surface area contributed by atoms with Gasteiger partial charge in [-0.25, -0.2) is 8.42 Å². The number of amides is 1. The van der Waals surface area contributed by atoms with Crippen LogP contribution in [-0.4, -0.2) is 37.8 Å². The number of rotatable bonds is 2. The van der Waals surface area contributed by atoms with Crippen molar-refractivity contribution in [3.05, 3.63) is 24.3 Å². The number of sulfonamides is 1. The fraction of sp³-hybridized carbons (Fsp3) is 0.500. The molecule has 21 heavy (non-hydrogen) atoms. The summed E-state index contributed by atoms with van der Waals surface area (Å²) in [7, 11) is -3.51. The van der Waals surface area contributed by atoms with E-state index in [-0.39, 0.29) is 22.8 Å². The van der Waals surface area contributed by atoms with Gasteiger partial charge in [0.2, 0.25) is 15.9 Å². The zero-order valence-electron chi connectivity index (χ0n) is 11.7. The summed E-state index contributed by atoms with van der Waals surface area (Å²) in [4.78, 5) is 11.6. The van der Waals surface area contributed by atoms with Gasteiger partial charge in [0.05, 0.1) is 4.90 Å². The SMILES string of the molecule is Nc1cccc(S(=O)(=O)N2CCC3NC(=O)CCC3C2)c1. The Morgan fingerprint density at radius 3 is 2.86 bits per heavy atom. The molecule has 2 aliphatic rings. The molecule has 6 nitrogen and oxygen atoms in total. The number of piperidine rings is 2. The minimum Gasteiger partial charge on any atom is -0.399 e. The molecule has 2 atom stereocenters. The van der Waals surface area contributed by atoms with Crippen LogP contribution in [0.3, 0.4) is 0 Å². The molecular weight excluding hydrogens is 290 g/mol. The average Bonchev–Trinajstić information content (AvgIpc) is 2.46. The van der Waals surface area contributed by atoms with Crippen LogP contribution in [0.25, 0.3) is 0 Å². The fourth-order valence-corrected chi connectivity index (χ4v) is 4.69. The first-order valence-electron chi connectivity index (χ1n) is 7.12. The monoisotopic (exact) mass is 309 g/mol. The summed E-state index contributed by atoms with van der Waals surface area (Å²) in [6.07, 6.45) is 1.89. The number of nitrogens with two attached hydrogens (primary N) is 1.